The molecular formula is C10H6ClN3S. The topological polar surface area (TPSA) is 30.2 Å². The normalized spacial score (nSPS) is 11.0. The fourth-order valence-corrected chi connectivity index (χ4v) is 2.41. The Morgan fingerprint density at radius 2 is 2.13 bits per heavy atom. The summed E-state index contributed by atoms with van der Waals surface area (Å²) in [7, 11) is 0. The third-order valence-electron chi connectivity index (χ3n) is 2.08. The molecule has 0 saturated carbocycles. The molecule has 3 rings (SSSR count). The van der Waals surface area contributed by atoms with Crippen molar-refractivity contribution in [2.24, 2.45) is 0 Å². The molecule has 0 spiro atoms. The SMILES string of the molecule is Clc1ccc(-c2ccc3nccn3n2)s1. The largest absolute Gasteiger partial charge is 0.236 e. The Bertz CT molecular complexity index is 614. The van der Waals surface area contributed by atoms with Crippen LogP contribution in [0.4, 0.5) is 0 Å². The quantitative estimate of drug-likeness (QED) is 0.649. The number of halogens is 1. The van der Waals surface area contributed by atoms with E-state index in [1.807, 2.05) is 30.5 Å². The van der Waals surface area contributed by atoms with Crippen molar-refractivity contribution >= 4 is 28.6 Å². The number of aromatic nitrogens is 3. The zero-order chi connectivity index (χ0) is 10.3. The van der Waals surface area contributed by atoms with Gasteiger partial charge in [-0.25, -0.2) is 9.50 Å². The Kier molecular flexibility index (Phi) is 1.97. The molecule has 0 fully saturated rings. The molecule has 3 aromatic heterocycles. The van der Waals surface area contributed by atoms with Crippen LogP contribution in [0.1, 0.15) is 0 Å². The van der Waals surface area contributed by atoms with Crippen LogP contribution in [-0.4, -0.2) is 14.6 Å². The fourth-order valence-electron chi connectivity index (χ4n) is 1.40. The van der Waals surface area contributed by atoms with E-state index in [2.05, 4.69) is 10.1 Å². The molecule has 0 aromatic carbocycles. The molecule has 3 heterocycles. The lowest BCUT2D eigenvalue weighted by atomic mass is 10.3. The molecular weight excluding hydrogens is 230 g/mol. The molecule has 0 aliphatic rings. The molecule has 0 radical (unpaired) electrons. The van der Waals surface area contributed by atoms with Crippen molar-refractivity contribution in [1.29, 1.82) is 0 Å². The van der Waals surface area contributed by atoms with Gasteiger partial charge in [-0.05, 0) is 24.3 Å². The Labute approximate surface area is 95.0 Å². The van der Waals surface area contributed by atoms with Crippen molar-refractivity contribution in [1.82, 2.24) is 14.6 Å². The van der Waals surface area contributed by atoms with Gasteiger partial charge in [0.1, 0.15) is 5.69 Å². The van der Waals surface area contributed by atoms with Gasteiger partial charge in [-0.2, -0.15) is 5.10 Å². The predicted molar refractivity (Wildman–Crippen MR) is 61.3 cm³/mol. The first-order valence-corrected chi connectivity index (χ1v) is 5.58. The minimum atomic E-state index is 0.775. The fraction of sp³-hybridized carbons (Fsp3) is 0. The molecule has 0 bridgehead atoms. The number of imidazole rings is 1. The van der Waals surface area contributed by atoms with Gasteiger partial charge in [0.2, 0.25) is 0 Å². The van der Waals surface area contributed by atoms with E-state index in [4.69, 9.17) is 11.6 Å². The van der Waals surface area contributed by atoms with Gasteiger partial charge in [0, 0.05) is 12.4 Å². The smallest absolute Gasteiger partial charge is 0.153 e. The summed E-state index contributed by atoms with van der Waals surface area (Å²) in [5, 5.41) is 4.42. The van der Waals surface area contributed by atoms with Crippen molar-refractivity contribution in [3.05, 3.63) is 41.0 Å². The average molecular weight is 236 g/mol. The van der Waals surface area contributed by atoms with Crippen molar-refractivity contribution in [3.8, 4) is 10.6 Å². The van der Waals surface area contributed by atoms with E-state index in [0.717, 1.165) is 20.6 Å². The predicted octanol–water partition coefficient (Wildman–Crippen LogP) is 3.11. The van der Waals surface area contributed by atoms with Crippen molar-refractivity contribution in [2.45, 2.75) is 0 Å². The van der Waals surface area contributed by atoms with Crippen LogP contribution in [0.5, 0.6) is 0 Å². The zero-order valence-corrected chi connectivity index (χ0v) is 9.16. The standard InChI is InChI=1S/C10H6ClN3S/c11-9-3-2-8(15-9)7-1-4-10-12-5-6-14(10)13-7/h1-6H. The van der Waals surface area contributed by atoms with E-state index >= 15 is 0 Å². The Morgan fingerprint density at radius 3 is 2.93 bits per heavy atom. The van der Waals surface area contributed by atoms with Gasteiger partial charge in [0.15, 0.2) is 5.65 Å². The van der Waals surface area contributed by atoms with Gasteiger partial charge in [0.25, 0.3) is 0 Å². The van der Waals surface area contributed by atoms with Gasteiger partial charge in [-0.1, -0.05) is 11.6 Å². The number of fused-ring (bicyclic) bond motifs is 1. The Morgan fingerprint density at radius 1 is 1.20 bits per heavy atom. The van der Waals surface area contributed by atoms with Gasteiger partial charge < -0.3 is 0 Å². The molecule has 74 valence electrons. The van der Waals surface area contributed by atoms with Crippen LogP contribution in [0, 0.1) is 0 Å². The first-order chi connectivity index (χ1) is 7.33. The number of nitrogens with zero attached hydrogens (tertiary/aromatic N) is 3. The van der Waals surface area contributed by atoms with E-state index < -0.39 is 0 Å². The second-order valence-corrected chi connectivity index (χ2v) is 4.77. The Hall–Kier alpha value is -1.39. The molecule has 0 N–H and O–H groups in total. The zero-order valence-electron chi connectivity index (χ0n) is 7.59. The molecule has 0 unspecified atom stereocenters. The summed E-state index contributed by atoms with van der Waals surface area (Å²) in [5.41, 5.74) is 1.76. The molecule has 5 heteroatoms. The van der Waals surface area contributed by atoms with Crippen LogP contribution >= 0.6 is 22.9 Å². The highest BCUT2D eigenvalue weighted by molar-refractivity contribution is 7.19. The van der Waals surface area contributed by atoms with E-state index in [-0.39, 0.29) is 0 Å². The van der Waals surface area contributed by atoms with Crippen LogP contribution < -0.4 is 0 Å². The summed E-state index contributed by atoms with van der Waals surface area (Å²) in [4.78, 5) is 5.20. The lowest BCUT2D eigenvalue weighted by Gasteiger charge is -1.97. The molecule has 0 aliphatic heterocycles. The maximum absolute atomic E-state index is 5.88. The molecule has 3 nitrogen and oxygen atoms in total. The van der Waals surface area contributed by atoms with E-state index in [9.17, 15) is 0 Å². The molecule has 15 heavy (non-hydrogen) atoms. The molecule has 0 atom stereocenters. The first-order valence-electron chi connectivity index (χ1n) is 4.39. The highest BCUT2D eigenvalue weighted by Gasteiger charge is 2.04. The minimum Gasteiger partial charge on any atom is -0.236 e. The summed E-state index contributed by atoms with van der Waals surface area (Å²) in [6.45, 7) is 0. The van der Waals surface area contributed by atoms with Crippen LogP contribution in [0.15, 0.2) is 36.7 Å². The summed E-state index contributed by atoms with van der Waals surface area (Å²) < 4.78 is 2.53. The average Bonchev–Trinajstić information content (AvgIpc) is 2.84. The van der Waals surface area contributed by atoms with Gasteiger partial charge in [0.05, 0.1) is 9.21 Å². The minimum absolute atomic E-state index is 0.775. The number of hydrogen-bond acceptors (Lipinski definition) is 3. The third-order valence-corrected chi connectivity index (χ3v) is 3.33. The molecule has 0 aliphatic carbocycles. The molecule has 3 aromatic rings. The third kappa shape index (κ3) is 1.52. The van der Waals surface area contributed by atoms with Crippen LogP contribution in [0.2, 0.25) is 4.34 Å². The van der Waals surface area contributed by atoms with Crippen LogP contribution in [0.3, 0.4) is 0 Å². The summed E-state index contributed by atoms with van der Waals surface area (Å²) in [5.74, 6) is 0. The second kappa shape index (κ2) is 3.32. The Balaban J connectivity index is 2.18. The van der Waals surface area contributed by atoms with E-state index in [0.29, 0.717) is 0 Å². The maximum Gasteiger partial charge on any atom is 0.153 e. The highest BCUT2D eigenvalue weighted by Crippen LogP contribution is 2.29. The number of thiophene rings is 1. The monoisotopic (exact) mass is 235 g/mol. The summed E-state index contributed by atoms with van der Waals surface area (Å²) >= 11 is 7.40. The summed E-state index contributed by atoms with van der Waals surface area (Å²) in [6.07, 6.45) is 3.56. The maximum atomic E-state index is 5.88. The highest BCUT2D eigenvalue weighted by atomic mass is 35.5. The van der Waals surface area contributed by atoms with Crippen molar-refractivity contribution in [2.75, 3.05) is 0 Å². The first kappa shape index (κ1) is 8.88. The van der Waals surface area contributed by atoms with Crippen LogP contribution in [-0.2, 0) is 0 Å². The van der Waals surface area contributed by atoms with Gasteiger partial charge >= 0.3 is 0 Å². The van der Waals surface area contributed by atoms with Crippen molar-refractivity contribution in [3.63, 3.8) is 0 Å². The lowest BCUT2D eigenvalue weighted by Crippen LogP contribution is -1.91. The van der Waals surface area contributed by atoms with Crippen LogP contribution in [0.25, 0.3) is 16.2 Å². The number of hydrogen-bond donors (Lipinski definition) is 0. The lowest BCUT2D eigenvalue weighted by molar-refractivity contribution is 0.944. The summed E-state index contributed by atoms with van der Waals surface area (Å²) in [6, 6.07) is 7.74. The van der Waals surface area contributed by atoms with E-state index in [1.54, 1.807) is 10.7 Å². The van der Waals surface area contributed by atoms with E-state index in [1.165, 1.54) is 11.3 Å². The van der Waals surface area contributed by atoms with Crippen molar-refractivity contribution < 1.29 is 0 Å². The number of rotatable bonds is 1. The molecule has 0 saturated heterocycles. The molecule has 0 amide bonds. The second-order valence-electron chi connectivity index (χ2n) is 3.05. The van der Waals surface area contributed by atoms with Gasteiger partial charge in [-0.15, -0.1) is 11.3 Å². The van der Waals surface area contributed by atoms with Gasteiger partial charge in [-0.3, -0.25) is 0 Å².